The summed E-state index contributed by atoms with van der Waals surface area (Å²) < 4.78 is 50.6. The molecule has 10 heteroatoms. The number of hydrogen-bond donors (Lipinski definition) is 1. The molecule has 1 N–H and O–H groups in total. The second kappa shape index (κ2) is 10.9. The largest absolute Gasteiger partial charge is 0.454 e. The summed E-state index contributed by atoms with van der Waals surface area (Å²) >= 11 is 1.35. The highest BCUT2D eigenvalue weighted by atomic mass is 32.1. The number of nitrogens with zero attached hydrogens (tertiary/aromatic N) is 2. The number of aromatic nitrogens is 1. The van der Waals surface area contributed by atoms with Crippen molar-refractivity contribution in [3.8, 4) is 11.5 Å². The van der Waals surface area contributed by atoms with Crippen molar-refractivity contribution >= 4 is 17.2 Å². The maximum absolute atomic E-state index is 13.3. The summed E-state index contributed by atoms with van der Waals surface area (Å²) in [5.74, 6) is 1.35. The average Bonchev–Trinajstić information content (AvgIpc) is 3.48. The van der Waals surface area contributed by atoms with E-state index >= 15 is 0 Å². The topological polar surface area (TPSA) is 63.7 Å². The third kappa shape index (κ3) is 6.55. The van der Waals surface area contributed by atoms with Crippen molar-refractivity contribution in [1.29, 1.82) is 0 Å². The van der Waals surface area contributed by atoms with E-state index in [1.165, 1.54) is 23.5 Å². The van der Waals surface area contributed by atoms with Crippen LogP contribution in [0.2, 0.25) is 0 Å². The van der Waals surface area contributed by atoms with Crippen LogP contribution in [0.25, 0.3) is 0 Å². The van der Waals surface area contributed by atoms with Crippen LogP contribution in [0.15, 0.2) is 47.8 Å². The fourth-order valence-electron chi connectivity index (χ4n) is 3.70. The van der Waals surface area contributed by atoms with Gasteiger partial charge in [-0.05, 0) is 42.2 Å². The van der Waals surface area contributed by atoms with Crippen LogP contribution in [0.1, 0.15) is 53.0 Å². The molecule has 6 nitrogen and oxygen atoms in total. The summed E-state index contributed by atoms with van der Waals surface area (Å²) in [6.45, 7) is 7.23. The number of hydrogen-bond acceptors (Lipinski definition) is 6. The number of rotatable bonds is 9. The lowest BCUT2D eigenvalue weighted by Crippen LogP contribution is -2.36. The quantitative estimate of drug-likeness (QED) is 0.383. The molecule has 192 valence electrons. The van der Waals surface area contributed by atoms with Crippen molar-refractivity contribution < 1.29 is 27.4 Å². The Bertz CT molecular complexity index is 1210. The number of fused-ring (bicyclic) bond motifs is 1. The number of nitrogens with one attached hydrogen (secondary N) is 1. The molecule has 0 saturated carbocycles. The van der Waals surface area contributed by atoms with Gasteiger partial charge in [0, 0.05) is 24.5 Å². The fourth-order valence-corrected chi connectivity index (χ4v) is 4.51. The standard InChI is InChI=1S/C26H28F3N3O3S/c1-16(2)17(3)30-25(33)21-14-36-24(31-21)13-32(11-18-5-4-6-20(9-18)26(27,28)29)12-19-7-8-22-23(10-19)35-15-34-22/h4-10,14,16-17H,11-13,15H2,1-3H3,(H,30,33)/t17-/m0/s1. The number of alkyl halides is 3. The van der Waals surface area contributed by atoms with Gasteiger partial charge in [-0.3, -0.25) is 9.69 Å². The summed E-state index contributed by atoms with van der Waals surface area (Å²) in [6.07, 6.45) is -4.41. The molecule has 1 amide bonds. The monoisotopic (exact) mass is 519 g/mol. The Morgan fingerprint density at radius 3 is 2.50 bits per heavy atom. The number of ether oxygens (including phenoxy) is 2. The first-order chi connectivity index (χ1) is 17.1. The molecule has 0 fully saturated rings. The van der Waals surface area contributed by atoms with E-state index in [4.69, 9.17) is 9.47 Å². The van der Waals surface area contributed by atoms with Crippen molar-refractivity contribution in [2.75, 3.05) is 6.79 Å². The third-order valence-electron chi connectivity index (χ3n) is 6.01. The van der Waals surface area contributed by atoms with Crippen LogP contribution in [0.4, 0.5) is 13.2 Å². The Hall–Kier alpha value is -3.11. The SMILES string of the molecule is CC(C)[C@H](C)NC(=O)c1csc(CN(Cc2cccc(C(F)(F)F)c2)Cc2ccc3c(c2)OCO3)n1. The molecule has 0 spiro atoms. The molecular weight excluding hydrogens is 491 g/mol. The minimum atomic E-state index is -4.41. The van der Waals surface area contributed by atoms with E-state index in [1.54, 1.807) is 11.4 Å². The first-order valence-corrected chi connectivity index (χ1v) is 12.5. The molecule has 4 rings (SSSR count). The minimum absolute atomic E-state index is 0.00562. The molecule has 0 radical (unpaired) electrons. The van der Waals surface area contributed by atoms with E-state index in [2.05, 4.69) is 10.3 Å². The average molecular weight is 520 g/mol. The van der Waals surface area contributed by atoms with E-state index in [9.17, 15) is 18.0 Å². The van der Waals surface area contributed by atoms with Gasteiger partial charge in [0.05, 0.1) is 12.1 Å². The summed E-state index contributed by atoms with van der Waals surface area (Å²) in [5, 5.41) is 5.35. The van der Waals surface area contributed by atoms with E-state index < -0.39 is 11.7 Å². The molecule has 0 bridgehead atoms. The van der Waals surface area contributed by atoms with Crippen molar-refractivity contribution in [2.24, 2.45) is 5.92 Å². The van der Waals surface area contributed by atoms with Crippen molar-refractivity contribution in [3.05, 3.63) is 75.2 Å². The van der Waals surface area contributed by atoms with Gasteiger partial charge in [-0.15, -0.1) is 11.3 Å². The van der Waals surface area contributed by atoms with E-state index in [0.717, 1.165) is 11.6 Å². The molecule has 1 aromatic heterocycles. The van der Waals surface area contributed by atoms with Crippen LogP contribution in [-0.2, 0) is 25.8 Å². The number of halogens is 3. The normalized spacial score (nSPS) is 13.9. The van der Waals surface area contributed by atoms with E-state index in [-0.39, 0.29) is 31.2 Å². The smallest absolute Gasteiger partial charge is 0.416 e. The zero-order valence-electron chi connectivity index (χ0n) is 20.3. The third-order valence-corrected chi connectivity index (χ3v) is 6.84. The van der Waals surface area contributed by atoms with Crippen molar-refractivity contribution in [3.63, 3.8) is 0 Å². The van der Waals surface area contributed by atoms with Crippen LogP contribution >= 0.6 is 11.3 Å². The van der Waals surface area contributed by atoms with Gasteiger partial charge < -0.3 is 14.8 Å². The predicted molar refractivity (Wildman–Crippen MR) is 131 cm³/mol. The fraction of sp³-hybridized carbons (Fsp3) is 0.385. The second-order valence-corrected chi connectivity index (χ2v) is 10.1. The minimum Gasteiger partial charge on any atom is -0.454 e. The molecule has 36 heavy (non-hydrogen) atoms. The lowest BCUT2D eigenvalue weighted by Gasteiger charge is -2.22. The van der Waals surface area contributed by atoms with Crippen molar-refractivity contribution in [2.45, 2.75) is 52.6 Å². The number of carbonyl (C=O) groups is 1. The summed E-state index contributed by atoms with van der Waals surface area (Å²) in [5.41, 5.74) is 1.11. The maximum atomic E-state index is 13.3. The summed E-state index contributed by atoms with van der Waals surface area (Å²) in [4.78, 5) is 19.1. The Balaban J connectivity index is 1.53. The lowest BCUT2D eigenvalue weighted by atomic mass is 10.1. The molecule has 0 saturated heterocycles. The van der Waals surface area contributed by atoms with Crippen LogP contribution in [-0.4, -0.2) is 28.6 Å². The van der Waals surface area contributed by atoms with E-state index in [1.807, 2.05) is 43.9 Å². The number of amides is 1. The molecule has 1 aliphatic rings. The molecule has 3 aromatic rings. The first-order valence-electron chi connectivity index (χ1n) is 11.6. The highest BCUT2D eigenvalue weighted by molar-refractivity contribution is 7.09. The van der Waals surface area contributed by atoms with Crippen LogP contribution < -0.4 is 14.8 Å². The van der Waals surface area contributed by atoms with Gasteiger partial charge in [0.2, 0.25) is 6.79 Å². The van der Waals surface area contributed by atoms with Gasteiger partial charge in [-0.25, -0.2) is 4.98 Å². The molecule has 0 aliphatic carbocycles. The van der Waals surface area contributed by atoms with Crippen molar-refractivity contribution in [1.82, 2.24) is 15.2 Å². The van der Waals surface area contributed by atoms with Crippen LogP contribution in [0.3, 0.4) is 0 Å². The number of benzene rings is 2. The Labute approximate surface area is 212 Å². The lowest BCUT2D eigenvalue weighted by molar-refractivity contribution is -0.137. The molecule has 1 aliphatic heterocycles. The first kappa shape index (κ1) is 26.0. The zero-order valence-corrected chi connectivity index (χ0v) is 21.1. The molecule has 0 unspecified atom stereocenters. The zero-order chi connectivity index (χ0) is 25.9. The highest BCUT2D eigenvalue weighted by Gasteiger charge is 2.30. The number of thiazole rings is 1. The van der Waals surface area contributed by atoms with Crippen LogP contribution in [0.5, 0.6) is 11.5 Å². The van der Waals surface area contributed by atoms with E-state index in [0.29, 0.717) is 40.9 Å². The van der Waals surface area contributed by atoms with Gasteiger partial charge in [0.1, 0.15) is 10.7 Å². The number of carbonyl (C=O) groups excluding carboxylic acids is 1. The molecule has 2 aromatic carbocycles. The van der Waals surface area contributed by atoms with Gasteiger partial charge in [0.15, 0.2) is 11.5 Å². The molecular formula is C26H28F3N3O3S. The molecule has 1 atom stereocenters. The van der Waals surface area contributed by atoms with Gasteiger partial charge in [0.25, 0.3) is 5.91 Å². The summed E-state index contributed by atoms with van der Waals surface area (Å²) in [6, 6.07) is 10.9. The second-order valence-electron chi connectivity index (χ2n) is 9.16. The Morgan fingerprint density at radius 1 is 1.06 bits per heavy atom. The predicted octanol–water partition coefficient (Wildman–Crippen LogP) is 5.87. The molecule has 2 heterocycles. The Morgan fingerprint density at radius 2 is 1.78 bits per heavy atom. The van der Waals surface area contributed by atoms with Gasteiger partial charge >= 0.3 is 6.18 Å². The van der Waals surface area contributed by atoms with Crippen LogP contribution in [0, 0.1) is 5.92 Å². The van der Waals surface area contributed by atoms with Gasteiger partial charge in [-0.1, -0.05) is 38.1 Å². The van der Waals surface area contributed by atoms with Gasteiger partial charge in [-0.2, -0.15) is 13.2 Å². The Kier molecular flexibility index (Phi) is 7.85. The highest BCUT2D eigenvalue weighted by Crippen LogP contribution is 2.33. The maximum Gasteiger partial charge on any atom is 0.416 e. The summed E-state index contributed by atoms with van der Waals surface area (Å²) in [7, 11) is 0.